The Bertz CT molecular complexity index is 116. The molecule has 8 heavy (non-hydrogen) atoms. The molecule has 0 spiro atoms. The average molecular weight is 118 g/mol. The lowest BCUT2D eigenvalue weighted by Crippen LogP contribution is -1.88. The zero-order chi connectivity index (χ0) is 6.20. The summed E-state index contributed by atoms with van der Waals surface area (Å²) in [6, 6.07) is 0. The summed E-state index contributed by atoms with van der Waals surface area (Å²) in [4.78, 5) is 0. The fraction of sp³-hybridized carbons (Fsp3) is 0.667. The van der Waals surface area contributed by atoms with Crippen molar-refractivity contribution in [3.8, 4) is 0 Å². The Labute approximate surface area is 47.2 Å². The summed E-state index contributed by atoms with van der Waals surface area (Å²) >= 11 is 0. The Balaban J connectivity index is 2.37. The minimum atomic E-state index is -2.37. The van der Waals surface area contributed by atoms with Gasteiger partial charge in [0.25, 0.3) is 5.92 Å². The first-order chi connectivity index (χ1) is 3.67. The Hall–Kier alpha value is -0.400. The van der Waals surface area contributed by atoms with Crippen LogP contribution in [-0.4, -0.2) is 5.92 Å². The molecule has 0 N–H and O–H groups in total. The average Bonchev–Trinajstić information content (AvgIpc) is 2.15. The van der Waals surface area contributed by atoms with Crippen LogP contribution in [-0.2, 0) is 0 Å². The number of rotatable bonds is 1. The molecule has 0 aliphatic heterocycles. The van der Waals surface area contributed by atoms with Crippen molar-refractivity contribution in [2.24, 2.45) is 5.92 Å². The number of halogens is 2. The summed E-state index contributed by atoms with van der Waals surface area (Å²) in [5.74, 6) is -2.82. The molecule has 2 heteroatoms. The second-order valence-electron chi connectivity index (χ2n) is 2.10. The summed E-state index contributed by atoms with van der Waals surface area (Å²) in [6.07, 6.45) is 3.28. The monoisotopic (exact) mass is 118 g/mol. The first kappa shape index (κ1) is 5.73. The van der Waals surface area contributed by atoms with Crippen molar-refractivity contribution in [2.75, 3.05) is 0 Å². The Morgan fingerprint density at radius 1 is 1.62 bits per heavy atom. The fourth-order valence-electron chi connectivity index (χ4n) is 0.675. The van der Waals surface area contributed by atoms with Gasteiger partial charge >= 0.3 is 0 Å². The first-order valence-corrected chi connectivity index (χ1v) is 2.67. The summed E-state index contributed by atoms with van der Waals surface area (Å²) in [7, 11) is 0. The lowest BCUT2D eigenvalue weighted by molar-refractivity contribution is 0.107. The highest BCUT2D eigenvalue weighted by Crippen LogP contribution is 2.49. The van der Waals surface area contributed by atoms with E-state index in [1.807, 2.05) is 0 Å². The van der Waals surface area contributed by atoms with Gasteiger partial charge in [-0.15, -0.1) is 0 Å². The maximum absolute atomic E-state index is 11.9. The van der Waals surface area contributed by atoms with E-state index in [0.29, 0.717) is 0 Å². The predicted molar refractivity (Wildman–Crippen MR) is 27.9 cm³/mol. The second kappa shape index (κ2) is 1.54. The summed E-state index contributed by atoms with van der Waals surface area (Å²) in [5.41, 5.74) is 0. The zero-order valence-corrected chi connectivity index (χ0v) is 4.70. The third kappa shape index (κ3) is 0.881. The standard InChI is InChI=1S/C6H8F2/c1-2-3-5-4-6(5,7)8/h2-3,5H,4H2,1H3/b3-2+. The highest BCUT2D eigenvalue weighted by Gasteiger charge is 2.54. The molecule has 0 aromatic rings. The molecule has 1 aliphatic rings. The van der Waals surface area contributed by atoms with Crippen molar-refractivity contribution in [3.05, 3.63) is 12.2 Å². The fourth-order valence-corrected chi connectivity index (χ4v) is 0.675. The van der Waals surface area contributed by atoms with Gasteiger partial charge in [-0.2, -0.15) is 0 Å². The topological polar surface area (TPSA) is 0 Å². The normalized spacial score (nSPS) is 33.6. The molecule has 0 saturated heterocycles. The van der Waals surface area contributed by atoms with Crippen LogP contribution in [0.25, 0.3) is 0 Å². The van der Waals surface area contributed by atoms with Crippen molar-refractivity contribution in [1.29, 1.82) is 0 Å². The van der Waals surface area contributed by atoms with E-state index in [9.17, 15) is 8.78 Å². The number of hydrogen-bond acceptors (Lipinski definition) is 0. The van der Waals surface area contributed by atoms with E-state index < -0.39 is 11.8 Å². The molecule has 1 atom stereocenters. The maximum atomic E-state index is 11.9. The molecule has 1 rings (SSSR count). The van der Waals surface area contributed by atoms with Crippen molar-refractivity contribution in [3.63, 3.8) is 0 Å². The van der Waals surface area contributed by atoms with Gasteiger partial charge < -0.3 is 0 Å². The third-order valence-electron chi connectivity index (χ3n) is 1.30. The zero-order valence-electron chi connectivity index (χ0n) is 4.70. The summed E-state index contributed by atoms with van der Waals surface area (Å²) < 4.78 is 23.9. The lowest BCUT2D eigenvalue weighted by atomic mass is 10.4. The van der Waals surface area contributed by atoms with E-state index in [1.54, 1.807) is 19.1 Å². The van der Waals surface area contributed by atoms with Gasteiger partial charge in [0.15, 0.2) is 0 Å². The predicted octanol–water partition coefficient (Wildman–Crippen LogP) is 2.22. The van der Waals surface area contributed by atoms with E-state index in [0.717, 1.165) is 0 Å². The van der Waals surface area contributed by atoms with Crippen LogP contribution in [0.3, 0.4) is 0 Å². The van der Waals surface area contributed by atoms with E-state index in [2.05, 4.69) is 0 Å². The van der Waals surface area contributed by atoms with Crippen LogP contribution >= 0.6 is 0 Å². The molecular formula is C6H8F2. The molecule has 0 aromatic heterocycles. The maximum Gasteiger partial charge on any atom is 0.255 e. The Morgan fingerprint density at radius 3 is 2.25 bits per heavy atom. The van der Waals surface area contributed by atoms with Gasteiger partial charge in [-0.3, -0.25) is 0 Å². The number of hydrogen-bond donors (Lipinski definition) is 0. The molecule has 0 radical (unpaired) electrons. The SMILES string of the molecule is C/C=C/C1CC1(F)F. The second-order valence-corrected chi connectivity index (χ2v) is 2.10. The molecule has 1 saturated carbocycles. The molecule has 0 heterocycles. The molecule has 46 valence electrons. The van der Waals surface area contributed by atoms with Crippen molar-refractivity contribution < 1.29 is 8.78 Å². The lowest BCUT2D eigenvalue weighted by Gasteiger charge is -1.85. The van der Waals surface area contributed by atoms with Gasteiger partial charge in [-0.1, -0.05) is 12.2 Å². The quantitative estimate of drug-likeness (QED) is 0.463. The molecule has 0 bridgehead atoms. The highest BCUT2D eigenvalue weighted by molar-refractivity contribution is 5.07. The highest BCUT2D eigenvalue weighted by atomic mass is 19.3. The molecule has 1 fully saturated rings. The van der Waals surface area contributed by atoms with E-state index >= 15 is 0 Å². The number of allylic oxidation sites excluding steroid dienone is 2. The minimum Gasteiger partial charge on any atom is -0.206 e. The molecule has 1 aliphatic carbocycles. The van der Waals surface area contributed by atoms with Crippen LogP contribution in [0.5, 0.6) is 0 Å². The largest absolute Gasteiger partial charge is 0.255 e. The van der Waals surface area contributed by atoms with Crippen LogP contribution in [0, 0.1) is 5.92 Å². The Kier molecular flexibility index (Phi) is 1.10. The van der Waals surface area contributed by atoms with Gasteiger partial charge in [0, 0.05) is 12.3 Å². The van der Waals surface area contributed by atoms with Gasteiger partial charge in [-0.25, -0.2) is 8.78 Å². The smallest absolute Gasteiger partial charge is 0.206 e. The van der Waals surface area contributed by atoms with Gasteiger partial charge in [0.2, 0.25) is 0 Å². The van der Waals surface area contributed by atoms with Gasteiger partial charge in [0.1, 0.15) is 0 Å². The minimum absolute atomic E-state index is 0.0529. The van der Waals surface area contributed by atoms with Crippen LogP contribution in [0.4, 0.5) is 8.78 Å². The molecule has 0 nitrogen and oxygen atoms in total. The third-order valence-corrected chi connectivity index (χ3v) is 1.30. The molecule has 0 amide bonds. The van der Waals surface area contributed by atoms with Crippen LogP contribution in [0.1, 0.15) is 13.3 Å². The van der Waals surface area contributed by atoms with Crippen molar-refractivity contribution in [2.45, 2.75) is 19.3 Å². The van der Waals surface area contributed by atoms with Crippen LogP contribution < -0.4 is 0 Å². The van der Waals surface area contributed by atoms with E-state index in [1.165, 1.54) is 0 Å². The molecule has 1 unspecified atom stereocenters. The molecular weight excluding hydrogens is 110 g/mol. The van der Waals surface area contributed by atoms with Crippen molar-refractivity contribution >= 4 is 0 Å². The summed E-state index contributed by atoms with van der Waals surface area (Å²) in [6.45, 7) is 1.76. The number of alkyl halides is 2. The first-order valence-electron chi connectivity index (χ1n) is 2.67. The van der Waals surface area contributed by atoms with Crippen LogP contribution in [0.2, 0.25) is 0 Å². The van der Waals surface area contributed by atoms with E-state index in [4.69, 9.17) is 0 Å². The summed E-state index contributed by atoms with van der Waals surface area (Å²) in [5, 5.41) is 0. The van der Waals surface area contributed by atoms with E-state index in [-0.39, 0.29) is 6.42 Å². The molecule has 0 aromatic carbocycles. The van der Waals surface area contributed by atoms with Crippen molar-refractivity contribution in [1.82, 2.24) is 0 Å². The van der Waals surface area contributed by atoms with Gasteiger partial charge in [0.05, 0.1) is 0 Å². The van der Waals surface area contributed by atoms with Gasteiger partial charge in [-0.05, 0) is 6.92 Å². The van der Waals surface area contributed by atoms with Crippen LogP contribution in [0.15, 0.2) is 12.2 Å². The Morgan fingerprint density at radius 2 is 2.12 bits per heavy atom.